The van der Waals surface area contributed by atoms with E-state index in [1.165, 1.54) is 19.1 Å². The van der Waals surface area contributed by atoms with Gasteiger partial charge >= 0.3 is 0 Å². The first-order chi connectivity index (χ1) is 8.95. The van der Waals surface area contributed by atoms with Gasteiger partial charge in [-0.15, -0.1) is 0 Å². The maximum Gasteiger partial charge on any atom is 0.211 e. The maximum absolute atomic E-state index is 11.6. The van der Waals surface area contributed by atoms with E-state index in [1.807, 2.05) is 0 Å². The van der Waals surface area contributed by atoms with Crippen LogP contribution in [0, 0.1) is 11.8 Å². The smallest absolute Gasteiger partial charge is 0.211 e. The fourth-order valence-corrected chi connectivity index (χ4v) is 4.58. The lowest BCUT2D eigenvalue weighted by Gasteiger charge is -2.33. The van der Waals surface area contributed by atoms with Gasteiger partial charge in [-0.2, -0.15) is 0 Å². The van der Waals surface area contributed by atoms with E-state index in [0.717, 1.165) is 38.5 Å². The molecule has 3 unspecified atom stereocenters. The predicted molar refractivity (Wildman–Crippen MR) is 76.3 cm³/mol. The van der Waals surface area contributed by atoms with Crippen molar-refractivity contribution >= 4 is 10.0 Å². The van der Waals surface area contributed by atoms with E-state index in [1.54, 1.807) is 4.31 Å². The molecule has 1 aliphatic carbocycles. The second-order valence-corrected chi connectivity index (χ2v) is 8.39. The number of piperidine rings is 1. The number of aliphatic hydroxyl groups is 1. The molecule has 1 saturated carbocycles. The summed E-state index contributed by atoms with van der Waals surface area (Å²) >= 11 is 0. The summed E-state index contributed by atoms with van der Waals surface area (Å²) in [6.07, 6.45) is 9.78. The third-order valence-corrected chi connectivity index (χ3v) is 5.89. The highest BCUT2D eigenvalue weighted by Gasteiger charge is 2.28. The molecular formula is C14H27NO3S. The highest BCUT2D eigenvalue weighted by Crippen LogP contribution is 2.32. The highest BCUT2D eigenvalue weighted by atomic mass is 32.2. The van der Waals surface area contributed by atoms with Crippen LogP contribution in [0.2, 0.25) is 0 Å². The first-order valence-electron chi connectivity index (χ1n) is 7.58. The Bertz CT molecular complexity index is 382. The summed E-state index contributed by atoms with van der Waals surface area (Å²) in [7, 11) is -3.03. The Hall–Kier alpha value is -0.130. The van der Waals surface area contributed by atoms with E-state index >= 15 is 0 Å². The molecule has 19 heavy (non-hydrogen) atoms. The molecule has 112 valence electrons. The molecule has 1 saturated heterocycles. The second-order valence-electron chi connectivity index (χ2n) is 6.40. The summed E-state index contributed by atoms with van der Waals surface area (Å²) < 4.78 is 24.9. The van der Waals surface area contributed by atoms with E-state index < -0.39 is 10.0 Å². The molecule has 0 aromatic carbocycles. The lowest BCUT2D eigenvalue weighted by Crippen LogP contribution is -2.39. The number of rotatable bonds is 3. The van der Waals surface area contributed by atoms with Crippen LogP contribution >= 0.6 is 0 Å². The van der Waals surface area contributed by atoms with Gasteiger partial charge in [0.05, 0.1) is 12.4 Å². The zero-order valence-corrected chi connectivity index (χ0v) is 12.7. The Labute approximate surface area is 117 Å². The van der Waals surface area contributed by atoms with E-state index in [9.17, 15) is 13.5 Å². The summed E-state index contributed by atoms with van der Waals surface area (Å²) in [5.74, 6) is 1.07. The van der Waals surface area contributed by atoms with Crippen LogP contribution in [0.5, 0.6) is 0 Å². The first-order valence-corrected chi connectivity index (χ1v) is 9.43. The molecule has 2 fully saturated rings. The summed E-state index contributed by atoms with van der Waals surface area (Å²) in [5, 5.41) is 9.86. The molecule has 1 N–H and O–H groups in total. The quantitative estimate of drug-likeness (QED) is 0.808. The minimum absolute atomic E-state index is 0.137. The lowest BCUT2D eigenvalue weighted by atomic mass is 9.85. The van der Waals surface area contributed by atoms with E-state index in [4.69, 9.17) is 0 Å². The van der Waals surface area contributed by atoms with Gasteiger partial charge < -0.3 is 5.11 Å². The number of hydrogen-bond acceptors (Lipinski definition) is 3. The number of hydrogen-bond donors (Lipinski definition) is 1. The van der Waals surface area contributed by atoms with Crippen LogP contribution in [0.3, 0.4) is 0 Å². The van der Waals surface area contributed by atoms with Crippen LogP contribution in [-0.2, 0) is 10.0 Å². The fraction of sp³-hybridized carbons (Fsp3) is 1.00. The normalized spacial score (nSPS) is 34.9. The summed E-state index contributed by atoms with van der Waals surface area (Å²) in [4.78, 5) is 0. The van der Waals surface area contributed by atoms with Crippen LogP contribution in [0.15, 0.2) is 0 Å². The van der Waals surface area contributed by atoms with Gasteiger partial charge in [0.2, 0.25) is 10.0 Å². The van der Waals surface area contributed by atoms with Crippen molar-refractivity contribution in [3.63, 3.8) is 0 Å². The topological polar surface area (TPSA) is 57.6 Å². The summed E-state index contributed by atoms with van der Waals surface area (Å²) in [6, 6.07) is 0. The molecule has 0 bridgehead atoms. The second kappa shape index (κ2) is 6.55. The Morgan fingerprint density at radius 1 is 1.11 bits per heavy atom. The van der Waals surface area contributed by atoms with Crippen LogP contribution in [-0.4, -0.2) is 43.3 Å². The molecule has 4 nitrogen and oxygen atoms in total. The zero-order valence-electron chi connectivity index (χ0n) is 11.9. The van der Waals surface area contributed by atoms with E-state index in [-0.39, 0.29) is 6.10 Å². The van der Waals surface area contributed by atoms with Gasteiger partial charge in [-0.1, -0.05) is 19.3 Å². The summed E-state index contributed by atoms with van der Waals surface area (Å²) in [5.41, 5.74) is 0. The fourth-order valence-electron chi connectivity index (χ4n) is 3.64. The Morgan fingerprint density at radius 3 is 2.53 bits per heavy atom. The third kappa shape index (κ3) is 4.72. The van der Waals surface area contributed by atoms with Gasteiger partial charge in [-0.3, -0.25) is 0 Å². The SMILES string of the molecule is CS(=O)(=O)N1CCCC(CC2CCCCC(O)C2)C1. The van der Waals surface area contributed by atoms with Crippen molar-refractivity contribution in [2.45, 2.75) is 57.5 Å². The van der Waals surface area contributed by atoms with Crippen LogP contribution < -0.4 is 0 Å². The largest absolute Gasteiger partial charge is 0.393 e. The Balaban J connectivity index is 1.88. The molecule has 2 aliphatic rings. The summed E-state index contributed by atoms with van der Waals surface area (Å²) in [6.45, 7) is 1.37. The molecule has 2 rings (SSSR count). The minimum Gasteiger partial charge on any atom is -0.393 e. The Morgan fingerprint density at radius 2 is 1.79 bits per heavy atom. The molecule has 0 radical (unpaired) electrons. The molecule has 1 heterocycles. The molecule has 0 aromatic heterocycles. The van der Waals surface area contributed by atoms with Crippen molar-refractivity contribution in [3.05, 3.63) is 0 Å². The molecule has 0 amide bonds. The third-order valence-electron chi connectivity index (χ3n) is 4.62. The number of nitrogens with zero attached hydrogens (tertiary/aromatic N) is 1. The lowest BCUT2D eigenvalue weighted by molar-refractivity contribution is 0.129. The van der Waals surface area contributed by atoms with Crippen molar-refractivity contribution in [1.82, 2.24) is 4.31 Å². The molecule has 5 heteroatoms. The van der Waals surface area contributed by atoms with Gasteiger partial charge in [0.25, 0.3) is 0 Å². The first kappa shape index (κ1) is 15.3. The van der Waals surface area contributed by atoms with Gasteiger partial charge in [-0.05, 0) is 43.9 Å². The highest BCUT2D eigenvalue weighted by molar-refractivity contribution is 7.88. The van der Waals surface area contributed by atoms with Crippen molar-refractivity contribution in [2.24, 2.45) is 11.8 Å². The monoisotopic (exact) mass is 289 g/mol. The van der Waals surface area contributed by atoms with Gasteiger partial charge in [0, 0.05) is 13.1 Å². The van der Waals surface area contributed by atoms with Crippen molar-refractivity contribution in [3.8, 4) is 0 Å². The van der Waals surface area contributed by atoms with Crippen molar-refractivity contribution in [1.29, 1.82) is 0 Å². The molecule has 0 aromatic rings. The van der Waals surface area contributed by atoms with Crippen LogP contribution in [0.25, 0.3) is 0 Å². The standard InChI is InChI=1S/C14H27NO3S/c1-19(17,18)15-8-4-6-13(11-15)9-12-5-2-3-7-14(16)10-12/h12-14,16H,2-11H2,1H3. The number of aliphatic hydroxyl groups excluding tert-OH is 1. The van der Waals surface area contributed by atoms with E-state index in [0.29, 0.717) is 24.9 Å². The van der Waals surface area contributed by atoms with E-state index in [2.05, 4.69) is 0 Å². The molecule has 3 atom stereocenters. The van der Waals surface area contributed by atoms with Gasteiger partial charge in [0.15, 0.2) is 0 Å². The Kier molecular flexibility index (Phi) is 5.26. The number of sulfonamides is 1. The average Bonchev–Trinajstić information content (AvgIpc) is 2.53. The molecule has 0 spiro atoms. The van der Waals surface area contributed by atoms with Crippen molar-refractivity contribution < 1.29 is 13.5 Å². The average molecular weight is 289 g/mol. The van der Waals surface area contributed by atoms with Gasteiger partial charge in [0.1, 0.15) is 0 Å². The van der Waals surface area contributed by atoms with Crippen LogP contribution in [0.1, 0.15) is 51.4 Å². The zero-order chi connectivity index (χ0) is 13.9. The maximum atomic E-state index is 11.6. The minimum atomic E-state index is -3.03. The van der Waals surface area contributed by atoms with Crippen LogP contribution in [0.4, 0.5) is 0 Å². The molecular weight excluding hydrogens is 262 g/mol. The van der Waals surface area contributed by atoms with Crippen molar-refractivity contribution in [2.75, 3.05) is 19.3 Å². The predicted octanol–water partition coefficient (Wildman–Crippen LogP) is 1.99. The van der Waals surface area contributed by atoms with Gasteiger partial charge in [-0.25, -0.2) is 12.7 Å². The molecule has 1 aliphatic heterocycles.